The minimum Gasteiger partial charge on any atom is -0.359 e. The van der Waals surface area contributed by atoms with Crippen LogP contribution < -0.4 is 5.32 Å². The molecule has 80 valence electrons. The Hall–Kier alpha value is -0.690. The third-order valence-corrected chi connectivity index (χ3v) is 4.80. The van der Waals surface area contributed by atoms with Gasteiger partial charge in [0.15, 0.2) is 9.84 Å². The number of aromatic nitrogens is 2. The molecule has 1 N–H and O–H groups in total. The van der Waals surface area contributed by atoms with E-state index in [2.05, 4.69) is 14.7 Å². The van der Waals surface area contributed by atoms with Gasteiger partial charge in [-0.25, -0.2) is 13.4 Å². The van der Waals surface area contributed by atoms with Gasteiger partial charge in [-0.05, 0) is 13.8 Å². The predicted octanol–water partition coefficient (Wildman–Crippen LogP) is 0.773. The largest absolute Gasteiger partial charge is 0.359 e. The fourth-order valence-electron chi connectivity index (χ4n) is 0.671. The van der Waals surface area contributed by atoms with Crippen molar-refractivity contribution >= 4 is 26.5 Å². The van der Waals surface area contributed by atoms with Gasteiger partial charge < -0.3 is 5.32 Å². The standard InChI is InChI=1S/C7H13N3O2S2/c1-7(2,14(3,11)12)4-8-6-9-5-10-13-6/h5H,4H2,1-3H3,(H,8,9,10). The predicted molar refractivity (Wildman–Crippen MR) is 57.3 cm³/mol. The Morgan fingerprint density at radius 2 is 2.21 bits per heavy atom. The maximum absolute atomic E-state index is 11.3. The molecule has 5 nitrogen and oxygen atoms in total. The van der Waals surface area contributed by atoms with Crippen molar-refractivity contribution in [3.8, 4) is 0 Å². The van der Waals surface area contributed by atoms with Gasteiger partial charge in [0, 0.05) is 24.3 Å². The van der Waals surface area contributed by atoms with Gasteiger partial charge in [0.25, 0.3) is 0 Å². The summed E-state index contributed by atoms with van der Waals surface area (Å²) in [5, 5.41) is 3.58. The zero-order valence-electron chi connectivity index (χ0n) is 8.31. The molecule has 7 heteroatoms. The van der Waals surface area contributed by atoms with E-state index in [4.69, 9.17) is 0 Å². The Bertz CT molecular complexity index is 383. The quantitative estimate of drug-likeness (QED) is 0.834. The van der Waals surface area contributed by atoms with E-state index in [1.54, 1.807) is 13.8 Å². The van der Waals surface area contributed by atoms with Crippen LogP contribution in [0.4, 0.5) is 5.13 Å². The highest BCUT2D eigenvalue weighted by molar-refractivity contribution is 7.92. The summed E-state index contributed by atoms with van der Waals surface area (Å²) in [6.07, 6.45) is 2.66. The topological polar surface area (TPSA) is 72.0 Å². The van der Waals surface area contributed by atoms with Crippen molar-refractivity contribution < 1.29 is 8.42 Å². The zero-order chi connectivity index (χ0) is 10.8. The van der Waals surface area contributed by atoms with E-state index in [0.29, 0.717) is 11.7 Å². The summed E-state index contributed by atoms with van der Waals surface area (Å²) in [5.41, 5.74) is 0. The molecule has 0 aliphatic carbocycles. The molecule has 1 aromatic rings. The molecule has 14 heavy (non-hydrogen) atoms. The molecule has 0 aromatic carbocycles. The highest BCUT2D eigenvalue weighted by Gasteiger charge is 2.29. The Morgan fingerprint density at radius 3 is 2.64 bits per heavy atom. The summed E-state index contributed by atoms with van der Waals surface area (Å²) in [7, 11) is -3.06. The summed E-state index contributed by atoms with van der Waals surface area (Å²) >= 11 is 1.21. The number of hydrogen-bond acceptors (Lipinski definition) is 6. The van der Waals surface area contributed by atoms with Crippen molar-refractivity contribution in [2.24, 2.45) is 0 Å². The van der Waals surface area contributed by atoms with Crippen LogP contribution in [0.1, 0.15) is 13.8 Å². The lowest BCUT2D eigenvalue weighted by Crippen LogP contribution is -2.38. The Balaban J connectivity index is 2.62. The molecule has 0 atom stereocenters. The van der Waals surface area contributed by atoms with Gasteiger partial charge in [-0.3, -0.25) is 0 Å². The van der Waals surface area contributed by atoms with E-state index in [0.717, 1.165) is 0 Å². The monoisotopic (exact) mass is 235 g/mol. The van der Waals surface area contributed by atoms with Crippen molar-refractivity contribution in [3.05, 3.63) is 6.33 Å². The summed E-state index contributed by atoms with van der Waals surface area (Å²) in [5.74, 6) is 0. The first kappa shape index (κ1) is 11.4. The third kappa shape index (κ3) is 2.65. The van der Waals surface area contributed by atoms with Crippen molar-refractivity contribution in [2.75, 3.05) is 18.1 Å². The summed E-state index contributed by atoms with van der Waals surface area (Å²) in [6, 6.07) is 0. The molecule has 0 aliphatic rings. The van der Waals surface area contributed by atoms with E-state index in [-0.39, 0.29) is 0 Å². The van der Waals surface area contributed by atoms with E-state index >= 15 is 0 Å². The average Bonchev–Trinajstić information content (AvgIpc) is 2.50. The molecule has 0 unspecified atom stereocenters. The maximum Gasteiger partial charge on any atom is 0.202 e. The van der Waals surface area contributed by atoms with Gasteiger partial charge in [-0.15, -0.1) is 0 Å². The highest BCUT2D eigenvalue weighted by Crippen LogP contribution is 2.16. The Kier molecular flexibility index (Phi) is 3.10. The second-order valence-electron chi connectivity index (χ2n) is 3.63. The summed E-state index contributed by atoms with van der Waals surface area (Å²) in [4.78, 5) is 3.90. The van der Waals surface area contributed by atoms with Crippen LogP contribution in [-0.4, -0.2) is 35.3 Å². The molecule has 0 bridgehead atoms. The number of rotatable bonds is 4. The van der Waals surface area contributed by atoms with Crippen LogP contribution in [0.2, 0.25) is 0 Å². The van der Waals surface area contributed by atoms with Crippen LogP contribution in [0.15, 0.2) is 6.33 Å². The van der Waals surface area contributed by atoms with Gasteiger partial charge in [0.05, 0.1) is 4.75 Å². The molecule has 0 spiro atoms. The lowest BCUT2D eigenvalue weighted by Gasteiger charge is -2.22. The number of nitrogens with zero attached hydrogens (tertiary/aromatic N) is 2. The van der Waals surface area contributed by atoms with E-state index in [1.807, 2.05) is 0 Å². The zero-order valence-corrected chi connectivity index (χ0v) is 9.94. The molecule has 1 rings (SSSR count). The smallest absolute Gasteiger partial charge is 0.202 e. The van der Waals surface area contributed by atoms with Crippen LogP contribution in [0, 0.1) is 0 Å². The van der Waals surface area contributed by atoms with Crippen molar-refractivity contribution in [1.29, 1.82) is 0 Å². The molecule has 0 fully saturated rings. The van der Waals surface area contributed by atoms with E-state index in [1.165, 1.54) is 24.1 Å². The van der Waals surface area contributed by atoms with Gasteiger partial charge in [0.2, 0.25) is 5.13 Å². The molecular weight excluding hydrogens is 222 g/mol. The molecule has 0 saturated heterocycles. The van der Waals surface area contributed by atoms with Crippen LogP contribution in [0.5, 0.6) is 0 Å². The molecule has 0 saturated carbocycles. The first-order valence-corrected chi connectivity index (χ1v) is 6.69. The van der Waals surface area contributed by atoms with E-state index < -0.39 is 14.6 Å². The van der Waals surface area contributed by atoms with Crippen LogP contribution in [-0.2, 0) is 9.84 Å². The molecule has 0 aliphatic heterocycles. The van der Waals surface area contributed by atoms with Crippen LogP contribution >= 0.6 is 11.5 Å². The minimum absolute atomic E-state index is 0.334. The molecule has 1 heterocycles. The second-order valence-corrected chi connectivity index (χ2v) is 7.06. The van der Waals surface area contributed by atoms with Gasteiger partial charge in [-0.2, -0.15) is 4.37 Å². The Morgan fingerprint density at radius 1 is 1.57 bits per heavy atom. The van der Waals surface area contributed by atoms with Gasteiger partial charge in [0.1, 0.15) is 6.33 Å². The third-order valence-electron chi connectivity index (χ3n) is 2.03. The van der Waals surface area contributed by atoms with Crippen molar-refractivity contribution in [3.63, 3.8) is 0 Å². The average molecular weight is 235 g/mol. The van der Waals surface area contributed by atoms with Crippen molar-refractivity contribution in [1.82, 2.24) is 9.36 Å². The SMILES string of the molecule is CC(C)(CNc1ncns1)S(C)(=O)=O. The Labute approximate surface area is 87.7 Å². The van der Waals surface area contributed by atoms with E-state index in [9.17, 15) is 8.42 Å². The van der Waals surface area contributed by atoms with Crippen LogP contribution in [0.3, 0.4) is 0 Å². The number of anilines is 1. The molecular formula is C7H13N3O2S2. The first-order valence-electron chi connectivity index (χ1n) is 4.03. The van der Waals surface area contributed by atoms with Crippen molar-refractivity contribution in [2.45, 2.75) is 18.6 Å². The van der Waals surface area contributed by atoms with Gasteiger partial charge >= 0.3 is 0 Å². The highest BCUT2D eigenvalue weighted by atomic mass is 32.2. The fraction of sp³-hybridized carbons (Fsp3) is 0.714. The van der Waals surface area contributed by atoms with Gasteiger partial charge in [-0.1, -0.05) is 0 Å². The molecule has 0 radical (unpaired) electrons. The fourth-order valence-corrected chi connectivity index (χ4v) is 1.43. The lowest BCUT2D eigenvalue weighted by atomic mass is 10.2. The summed E-state index contributed by atoms with van der Waals surface area (Å²) in [6.45, 7) is 3.69. The first-order chi connectivity index (χ1) is 6.33. The number of nitrogens with one attached hydrogen (secondary N) is 1. The normalized spacial score (nSPS) is 12.8. The van der Waals surface area contributed by atoms with Crippen LogP contribution in [0.25, 0.3) is 0 Å². The lowest BCUT2D eigenvalue weighted by molar-refractivity contribution is 0.560. The molecule has 1 aromatic heterocycles. The second kappa shape index (κ2) is 3.82. The summed E-state index contributed by atoms with van der Waals surface area (Å²) < 4.78 is 25.7. The maximum atomic E-state index is 11.3. The number of hydrogen-bond donors (Lipinski definition) is 1. The number of sulfone groups is 1. The molecule has 0 amide bonds. The minimum atomic E-state index is -3.06.